The Bertz CT molecular complexity index is 386. The van der Waals surface area contributed by atoms with Crippen LogP contribution in [0.25, 0.3) is 0 Å². The number of hydrogen-bond acceptors (Lipinski definition) is 4. The molecule has 0 bridgehead atoms. The van der Waals surface area contributed by atoms with Gasteiger partial charge in [-0.15, -0.1) is 0 Å². The van der Waals surface area contributed by atoms with Crippen LogP contribution in [0, 0.1) is 0 Å². The minimum atomic E-state index is -0.610. The number of nitrogens with zero attached hydrogens (tertiary/aromatic N) is 2. The van der Waals surface area contributed by atoms with E-state index in [0.29, 0.717) is 6.42 Å². The summed E-state index contributed by atoms with van der Waals surface area (Å²) in [4.78, 5) is 6.50. The molecule has 2 rings (SSSR count). The van der Waals surface area contributed by atoms with Crippen molar-refractivity contribution in [2.75, 3.05) is 25.4 Å². The number of nitrogen functional groups attached to an aromatic ring is 1. The van der Waals surface area contributed by atoms with Crippen molar-refractivity contribution in [1.82, 2.24) is 9.88 Å². The van der Waals surface area contributed by atoms with Gasteiger partial charge in [-0.1, -0.05) is 6.92 Å². The van der Waals surface area contributed by atoms with Gasteiger partial charge in [0.1, 0.15) is 0 Å². The van der Waals surface area contributed by atoms with E-state index in [1.165, 1.54) is 6.42 Å². The number of likely N-dealkylation sites (tertiary alicyclic amines) is 1. The third-order valence-electron chi connectivity index (χ3n) is 3.79. The van der Waals surface area contributed by atoms with Gasteiger partial charge in [0.15, 0.2) is 0 Å². The SMILES string of the molecule is CCCN1CCC(O)(Cc2cnccc2N)CC1. The smallest absolute Gasteiger partial charge is 0.0713 e. The van der Waals surface area contributed by atoms with Gasteiger partial charge in [-0.3, -0.25) is 4.98 Å². The molecule has 4 nitrogen and oxygen atoms in total. The molecule has 1 aliphatic heterocycles. The van der Waals surface area contributed by atoms with E-state index in [4.69, 9.17) is 5.73 Å². The summed E-state index contributed by atoms with van der Waals surface area (Å²) in [6, 6.07) is 1.80. The third kappa shape index (κ3) is 3.21. The zero-order chi connectivity index (χ0) is 13.0. The van der Waals surface area contributed by atoms with E-state index in [9.17, 15) is 5.11 Å². The Labute approximate surface area is 109 Å². The van der Waals surface area contributed by atoms with Crippen molar-refractivity contribution in [3.05, 3.63) is 24.0 Å². The number of pyridine rings is 1. The van der Waals surface area contributed by atoms with Crippen molar-refractivity contribution in [2.45, 2.75) is 38.2 Å². The van der Waals surface area contributed by atoms with Gasteiger partial charge >= 0.3 is 0 Å². The highest BCUT2D eigenvalue weighted by atomic mass is 16.3. The number of aromatic nitrogens is 1. The van der Waals surface area contributed by atoms with Crippen LogP contribution in [0.5, 0.6) is 0 Å². The standard InChI is InChI=1S/C14H23N3O/c1-2-7-17-8-4-14(18,5-9-17)10-12-11-16-6-3-13(12)15/h3,6,11,18H,2,4-5,7-10H2,1H3,(H2,15,16). The van der Waals surface area contributed by atoms with Crippen molar-refractivity contribution in [1.29, 1.82) is 0 Å². The highest BCUT2D eigenvalue weighted by Gasteiger charge is 2.32. The molecule has 0 amide bonds. The molecular weight excluding hydrogens is 226 g/mol. The summed E-state index contributed by atoms with van der Waals surface area (Å²) >= 11 is 0. The zero-order valence-electron chi connectivity index (χ0n) is 11.1. The average Bonchev–Trinajstić information content (AvgIpc) is 2.36. The van der Waals surface area contributed by atoms with Crippen LogP contribution < -0.4 is 5.73 Å². The highest BCUT2D eigenvalue weighted by Crippen LogP contribution is 2.27. The lowest BCUT2D eigenvalue weighted by Gasteiger charge is -2.38. The molecule has 0 aliphatic carbocycles. The van der Waals surface area contributed by atoms with Gasteiger partial charge in [-0.25, -0.2) is 0 Å². The minimum Gasteiger partial charge on any atom is -0.398 e. The van der Waals surface area contributed by atoms with Gasteiger partial charge in [-0.2, -0.15) is 0 Å². The second kappa shape index (κ2) is 5.67. The van der Waals surface area contributed by atoms with Crippen molar-refractivity contribution in [3.63, 3.8) is 0 Å². The molecule has 1 fully saturated rings. The summed E-state index contributed by atoms with van der Waals surface area (Å²) in [7, 11) is 0. The Morgan fingerprint density at radius 1 is 1.44 bits per heavy atom. The molecule has 1 aromatic heterocycles. The van der Waals surface area contributed by atoms with Crippen LogP contribution in [-0.2, 0) is 6.42 Å². The van der Waals surface area contributed by atoms with E-state index >= 15 is 0 Å². The lowest BCUT2D eigenvalue weighted by atomic mass is 9.85. The second-order valence-corrected chi connectivity index (χ2v) is 5.32. The first-order valence-electron chi connectivity index (χ1n) is 6.76. The van der Waals surface area contributed by atoms with E-state index < -0.39 is 5.60 Å². The van der Waals surface area contributed by atoms with Gasteiger partial charge in [0.2, 0.25) is 0 Å². The molecule has 2 heterocycles. The predicted molar refractivity (Wildman–Crippen MR) is 73.3 cm³/mol. The van der Waals surface area contributed by atoms with Gasteiger partial charge in [0.05, 0.1) is 5.60 Å². The maximum absolute atomic E-state index is 10.6. The lowest BCUT2D eigenvalue weighted by Crippen LogP contribution is -2.45. The number of rotatable bonds is 4. The number of piperidine rings is 1. The molecule has 1 aromatic rings. The lowest BCUT2D eigenvalue weighted by molar-refractivity contribution is -0.0204. The summed E-state index contributed by atoms with van der Waals surface area (Å²) in [5.74, 6) is 0. The van der Waals surface area contributed by atoms with Crippen LogP contribution in [0.1, 0.15) is 31.7 Å². The normalized spacial score (nSPS) is 19.9. The molecule has 100 valence electrons. The maximum atomic E-state index is 10.6. The van der Waals surface area contributed by atoms with Crippen molar-refractivity contribution in [2.24, 2.45) is 0 Å². The summed E-state index contributed by atoms with van der Waals surface area (Å²) in [5.41, 5.74) is 6.99. The van der Waals surface area contributed by atoms with E-state index in [1.807, 2.05) is 0 Å². The largest absolute Gasteiger partial charge is 0.398 e. The van der Waals surface area contributed by atoms with Crippen molar-refractivity contribution < 1.29 is 5.11 Å². The Balaban J connectivity index is 1.96. The Morgan fingerprint density at radius 3 is 2.78 bits per heavy atom. The van der Waals surface area contributed by atoms with Gasteiger partial charge in [0.25, 0.3) is 0 Å². The molecule has 0 atom stereocenters. The van der Waals surface area contributed by atoms with E-state index in [0.717, 1.165) is 43.7 Å². The first-order chi connectivity index (χ1) is 8.63. The van der Waals surface area contributed by atoms with Crippen LogP contribution in [0.15, 0.2) is 18.5 Å². The fourth-order valence-electron chi connectivity index (χ4n) is 2.63. The van der Waals surface area contributed by atoms with Crippen LogP contribution in [0.3, 0.4) is 0 Å². The Kier molecular flexibility index (Phi) is 4.19. The molecule has 0 radical (unpaired) electrons. The number of hydrogen-bond donors (Lipinski definition) is 2. The molecular formula is C14H23N3O. The summed E-state index contributed by atoms with van der Waals surface area (Å²) in [6.07, 6.45) is 6.89. The first kappa shape index (κ1) is 13.3. The molecule has 3 N–H and O–H groups in total. The quantitative estimate of drug-likeness (QED) is 0.847. The molecule has 0 aromatic carbocycles. The van der Waals surface area contributed by atoms with Crippen LogP contribution in [-0.4, -0.2) is 40.2 Å². The summed E-state index contributed by atoms with van der Waals surface area (Å²) in [5, 5.41) is 10.6. The number of anilines is 1. The first-order valence-corrected chi connectivity index (χ1v) is 6.76. The van der Waals surface area contributed by atoms with Crippen molar-refractivity contribution in [3.8, 4) is 0 Å². The number of nitrogens with two attached hydrogens (primary N) is 1. The molecule has 0 spiro atoms. The molecule has 4 heteroatoms. The second-order valence-electron chi connectivity index (χ2n) is 5.32. The molecule has 1 saturated heterocycles. The molecule has 0 saturated carbocycles. The highest BCUT2D eigenvalue weighted by molar-refractivity contribution is 5.45. The molecule has 0 unspecified atom stereocenters. The van der Waals surface area contributed by atoms with Gasteiger partial charge < -0.3 is 15.7 Å². The van der Waals surface area contributed by atoms with Gasteiger partial charge in [-0.05, 0) is 37.4 Å². The summed E-state index contributed by atoms with van der Waals surface area (Å²) < 4.78 is 0. The summed E-state index contributed by atoms with van der Waals surface area (Å²) in [6.45, 7) is 5.28. The Morgan fingerprint density at radius 2 is 2.17 bits per heavy atom. The monoisotopic (exact) mass is 249 g/mol. The minimum absolute atomic E-state index is 0.610. The van der Waals surface area contributed by atoms with E-state index in [1.54, 1.807) is 18.5 Å². The van der Waals surface area contributed by atoms with Crippen LogP contribution in [0.4, 0.5) is 5.69 Å². The predicted octanol–water partition coefficient (Wildman–Crippen LogP) is 1.44. The van der Waals surface area contributed by atoms with Crippen LogP contribution >= 0.6 is 0 Å². The Hall–Kier alpha value is -1.13. The van der Waals surface area contributed by atoms with E-state index in [2.05, 4.69) is 16.8 Å². The van der Waals surface area contributed by atoms with Gasteiger partial charge in [0, 0.05) is 37.6 Å². The fourth-order valence-corrected chi connectivity index (χ4v) is 2.63. The number of aliphatic hydroxyl groups is 1. The van der Waals surface area contributed by atoms with E-state index in [-0.39, 0.29) is 0 Å². The maximum Gasteiger partial charge on any atom is 0.0713 e. The zero-order valence-corrected chi connectivity index (χ0v) is 11.1. The topological polar surface area (TPSA) is 62.4 Å². The van der Waals surface area contributed by atoms with Crippen LogP contribution in [0.2, 0.25) is 0 Å². The third-order valence-corrected chi connectivity index (χ3v) is 3.79. The fraction of sp³-hybridized carbons (Fsp3) is 0.643. The molecule has 1 aliphatic rings. The van der Waals surface area contributed by atoms with Crippen molar-refractivity contribution >= 4 is 5.69 Å². The molecule has 18 heavy (non-hydrogen) atoms. The average molecular weight is 249 g/mol.